The number of piperazine rings is 1. The van der Waals surface area contributed by atoms with Crippen molar-refractivity contribution in [2.24, 2.45) is 0 Å². The van der Waals surface area contributed by atoms with Crippen LogP contribution in [0.4, 0.5) is 30.7 Å². The summed E-state index contributed by atoms with van der Waals surface area (Å²) in [6.07, 6.45) is -9.73. The van der Waals surface area contributed by atoms with Crippen molar-refractivity contribution >= 4 is 24.8 Å². The van der Waals surface area contributed by atoms with Gasteiger partial charge in [0.1, 0.15) is 11.6 Å². The Morgan fingerprint density at radius 1 is 0.871 bits per heavy atom. The fourth-order valence-electron chi connectivity index (χ4n) is 3.36. The summed E-state index contributed by atoms with van der Waals surface area (Å²) in [5.41, 5.74) is -1.21. The van der Waals surface area contributed by atoms with Crippen LogP contribution in [0.25, 0.3) is 0 Å². The van der Waals surface area contributed by atoms with E-state index in [2.05, 4.69) is 10.1 Å². The van der Waals surface area contributed by atoms with Crippen LogP contribution in [-0.2, 0) is 6.18 Å². The smallest absolute Gasteiger partial charge is 0.406 e. The fourth-order valence-corrected chi connectivity index (χ4v) is 3.36. The standard InChI is InChI=1S/C19H17F7N2O.2ClH/c20-16-14(2-1-3-15(16)18(21,22)23)17(28-10-8-27-9-11-28)12-4-6-13(7-5-12)29-19(24,25)26;;/h1-7,17,27H,8-11H2;2*1H/t17-;;/m1../s1. The molecule has 0 bridgehead atoms. The highest BCUT2D eigenvalue weighted by molar-refractivity contribution is 5.85. The van der Waals surface area contributed by atoms with Crippen LogP contribution in [0, 0.1) is 5.82 Å². The lowest BCUT2D eigenvalue weighted by molar-refractivity contribution is -0.274. The van der Waals surface area contributed by atoms with Gasteiger partial charge in [-0.3, -0.25) is 4.90 Å². The Labute approximate surface area is 186 Å². The third kappa shape index (κ3) is 6.86. The molecule has 1 atom stereocenters. The van der Waals surface area contributed by atoms with E-state index in [-0.39, 0.29) is 30.4 Å². The number of nitrogens with one attached hydrogen (secondary N) is 1. The molecule has 0 amide bonds. The van der Waals surface area contributed by atoms with E-state index in [0.717, 1.165) is 18.2 Å². The number of hydrogen-bond acceptors (Lipinski definition) is 3. The summed E-state index contributed by atoms with van der Waals surface area (Å²) >= 11 is 0. The molecule has 174 valence electrons. The zero-order valence-corrected chi connectivity index (χ0v) is 17.4. The SMILES string of the molecule is Cl.Cl.Fc1c([C@@H](c2ccc(OC(F)(F)F)cc2)N2CCNCC2)cccc1C(F)(F)F. The molecular formula is C19H19Cl2F7N2O. The highest BCUT2D eigenvalue weighted by Crippen LogP contribution is 2.38. The van der Waals surface area contributed by atoms with Gasteiger partial charge in [0, 0.05) is 31.7 Å². The topological polar surface area (TPSA) is 24.5 Å². The highest BCUT2D eigenvalue weighted by atomic mass is 35.5. The second-order valence-electron chi connectivity index (χ2n) is 6.51. The van der Waals surface area contributed by atoms with Gasteiger partial charge in [0.25, 0.3) is 0 Å². The first-order valence-electron chi connectivity index (χ1n) is 8.72. The van der Waals surface area contributed by atoms with Crippen molar-refractivity contribution in [2.45, 2.75) is 18.6 Å². The van der Waals surface area contributed by atoms with Gasteiger partial charge in [-0.2, -0.15) is 13.2 Å². The molecule has 0 aliphatic carbocycles. The first kappa shape index (κ1) is 27.3. The minimum atomic E-state index is -4.87. The van der Waals surface area contributed by atoms with Crippen molar-refractivity contribution in [3.63, 3.8) is 0 Å². The molecule has 3 rings (SSSR count). The van der Waals surface area contributed by atoms with Gasteiger partial charge in [-0.15, -0.1) is 38.0 Å². The Balaban J connectivity index is 0.00000240. The monoisotopic (exact) mass is 494 g/mol. The van der Waals surface area contributed by atoms with Gasteiger partial charge in [0.05, 0.1) is 11.6 Å². The Morgan fingerprint density at radius 3 is 1.97 bits per heavy atom. The second kappa shape index (κ2) is 10.7. The van der Waals surface area contributed by atoms with Crippen molar-refractivity contribution in [3.8, 4) is 5.75 Å². The van der Waals surface area contributed by atoms with Crippen LogP contribution in [-0.4, -0.2) is 37.4 Å². The average molecular weight is 495 g/mol. The molecule has 1 N–H and O–H groups in total. The van der Waals surface area contributed by atoms with Gasteiger partial charge < -0.3 is 10.1 Å². The van der Waals surface area contributed by atoms with E-state index in [9.17, 15) is 30.7 Å². The molecule has 0 radical (unpaired) electrons. The molecule has 0 unspecified atom stereocenters. The lowest BCUT2D eigenvalue weighted by Gasteiger charge is -2.36. The first-order chi connectivity index (χ1) is 13.6. The van der Waals surface area contributed by atoms with Gasteiger partial charge in [-0.05, 0) is 23.8 Å². The van der Waals surface area contributed by atoms with E-state index in [1.54, 1.807) is 4.90 Å². The quantitative estimate of drug-likeness (QED) is 0.561. The molecule has 12 heteroatoms. The van der Waals surface area contributed by atoms with Gasteiger partial charge >= 0.3 is 12.5 Å². The normalized spacial score (nSPS) is 16.1. The number of halogens is 9. The third-order valence-corrected chi connectivity index (χ3v) is 4.57. The van der Waals surface area contributed by atoms with E-state index >= 15 is 0 Å². The van der Waals surface area contributed by atoms with Gasteiger partial charge in [0.2, 0.25) is 0 Å². The molecule has 1 heterocycles. The summed E-state index contributed by atoms with van der Waals surface area (Å²) in [5.74, 6) is -1.86. The van der Waals surface area contributed by atoms with Crippen molar-refractivity contribution in [3.05, 3.63) is 65.0 Å². The number of nitrogens with zero attached hydrogens (tertiary/aromatic N) is 1. The van der Waals surface area contributed by atoms with Crippen LogP contribution in [0.3, 0.4) is 0 Å². The Hall–Kier alpha value is -1.75. The maximum absolute atomic E-state index is 14.8. The predicted octanol–water partition coefficient (Wildman–Crippen LogP) is 5.58. The summed E-state index contributed by atoms with van der Waals surface area (Å²) in [6.45, 7) is 1.96. The summed E-state index contributed by atoms with van der Waals surface area (Å²) in [5, 5.41) is 3.10. The molecule has 0 aromatic heterocycles. The lowest BCUT2D eigenvalue weighted by Crippen LogP contribution is -2.45. The average Bonchev–Trinajstić information content (AvgIpc) is 2.63. The maximum atomic E-state index is 14.8. The van der Waals surface area contributed by atoms with Crippen molar-refractivity contribution < 1.29 is 35.5 Å². The number of alkyl halides is 6. The fraction of sp³-hybridized carbons (Fsp3) is 0.368. The molecule has 2 aromatic carbocycles. The summed E-state index contributed by atoms with van der Waals surface area (Å²) < 4.78 is 95.3. The van der Waals surface area contributed by atoms with Gasteiger partial charge in [-0.25, -0.2) is 4.39 Å². The van der Waals surface area contributed by atoms with Crippen LogP contribution in [0.2, 0.25) is 0 Å². The summed E-state index contributed by atoms with van der Waals surface area (Å²) in [7, 11) is 0. The molecular weight excluding hydrogens is 476 g/mol. The lowest BCUT2D eigenvalue weighted by atomic mass is 9.94. The predicted molar refractivity (Wildman–Crippen MR) is 105 cm³/mol. The molecule has 0 saturated carbocycles. The molecule has 0 spiro atoms. The number of ether oxygens (including phenoxy) is 1. The Bertz CT molecular complexity index is 839. The van der Waals surface area contributed by atoms with Crippen LogP contribution >= 0.6 is 24.8 Å². The first-order valence-corrected chi connectivity index (χ1v) is 8.72. The highest BCUT2D eigenvalue weighted by Gasteiger charge is 2.37. The van der Waals surface area contributed by atoms with Crippen LogP contribution in [0.1, 0.15) is 22.7 Å². The zero-order chi connectivity index (χ0) is 21.2. The van der Waals surface area contributed by atoms with Crippen LogP contribution in [0.15, 0.2) is 42.5 Å². The van der Waals surface area contributed by atoms with E-state index < -0.39 is 35.7 Å². The Kier molecular flexibility index (Phi) is 9.43. The molecule has 2 aromatic rings. The van der Waals surface area contributed by atoms with Gasteiger partial charge in [-0.1, -0.05) is 24.3 Å². The molecule has 1 aliphatic rings. The van der Waals surface area contributed by atoms with Crippen molar-refractivity contribution in [1.29, 1.82) is 0 Å². The van der Waals surface area contributed by atoms with E-state index in [4.69, 9.17) is 0 Å². The van der Waals surface area contributed by atoms with Crippen molar-refractivity contribution in [2.75, 3.05) is 26.2 Å². The summed E-state index contributed by atoms with van der Waals surface area (Å²) in [6, 6.07) is 6.87. The molecule has 1 aliphatic heterocycles. The molecule has 1 fully saturated rings. The van der Waals surface area contributed by atoms with E-state index in [1.807, 2.05) is 0 Å². The zero-order valence-electron chi connectivity index (χ0n) is 15.8. The molecule has 3 nitrogen and oxygen atoms in total. The van der Waals surface area contributed by atoms with E-state index in [1.165, 1.54) is 18.2 Å². The van der Waals surface area contributed by atoms with Gasteiger partial charge in [0.15, 0.2) is 0 Å². The number of rotatable bonds is 4. The molecule has 1 saturated heterocycles. The minimum Gasteiger partial charge on any atom is -0.406 e. The summed E-state index contributed by atoms with van der Waals surface area (Å²) in [4.78, 5) is 1.79. The largest absolute Gasteiger partial charge is 0.573 e. The number of hydrogen-bond donors (Lipinski definition) is 1. The Morgan fingerprint density at radius 2 is 1.45 bits per heavy atom. The minimum absolute atomic E-state index is 0. The van der Waals surface area contributed by atoms with E-state index in [0.29, 0.717) is 37.8 Å². The van der Waals surface area contributed by atoms with Crippen LogP contribution < -0.4 is 10.1 Å². The molecule has 31 heavy (non-hydrogen) atoms. The van der Waals surface area contributed by atoms with Crippen LogP contribution in [0.5, 0.6) is 5.75 Å². The maximum Gasteiger partial charge on any atom is 0.573 e. The number of benzene rings is 2. The third-order valence-electron chi connectivity index (χ3n) is 4.57. The van der Waals surface area contributed by atoms with Crippen molar-refractivity contribution in [1.82, 2.24) is 10.2 Å². The second-order valence-corrected chi connectivity index (χ2v) is 6.51.